The second kappa shape index (κ2) is 7.58. The summed E-state index contributed by atoms with van der Waals surface area (Å²) < 4.78 is 0. The summed E-state index contributed by atoms with van der Waals surface area (Å²) in [7, 11) is 0. The molecule has 0 saturated carbocycles. The van der Waals surface area contributed by atoms with Gasteiger partial charge in [-0.05, 0) is 38.0 Å². The van der Waals surface area contributed by atoms with Gasteiger partial charge in [0.2, 0.25) is 5.91 Å². The van der Waals surface area contributed by atoms with E-state index in [0.29, 0.717) is 10.0 Å². The topological polar surface area (TPSA) is 20.3 Å². The van der Waals surface area contributed by atoms with Gasteiger partial charge in [-0.3, -0.25) is 4.79 Å². The van der Waals surface area contributed by atoms with Gasteiger partial charge >= 0.3 is 0 Å². The van der Waals surface area contributed by atoms with E-state index in [1.807, 2.05) is 17.9 Å². The Morgan fingerprint density at radius 1 is 1.20 bits per heavy atom. The lowest BCUT2D eigenvalue weighted by Crippen LogP contribution is -2.37. The Morgan fingerprint density at radius 2 is 1.85 bits per heavy atom. The highest BCUT2D eigenvalue weighted by Crippen LogP contribution is 2.33. The van der Waals surface area contributed by atoms with E-state index < -0.39 is 0 Å². The van der Waals surface area contributed by atoms with Crippen LogP contribution in [0.5, 0.6) is 0 Å². The molecule has 1 fully saturated rings. The average Bonchev–Trinajstić information content (AvgIpc) is 2.71. The molecule has 2 rings (SSSR count). The number of thioether (sulfide) groups is 1. The standard InChI is InChI=1S/C15H19Cl2NOS/c1-11(15(19)18-8-4-2-3-5-9-18)20-14-10-12(16)6-7-13(14)17/h6-7,10-11H,2-5,8-9H2,1H3. The predicted octanol–water partition coefficient (Wildman–Crippen LogP) is 4.88. The van der Waals surface area contributed by atoms with Crippen molar-refractivity contribution in [2.75, 3.05) is 13.1 Å². The van der Waals surface area contributed by atoms with Crippen molar-refractivity contribution in [3.63, 3.8) is 0 Å². The second-order valence-electron chi connectivity index (χ2n) is 5.07. The van der Waals surface area contributed by atoms with Crippen LogP contribution in [0.1, 0.15) is 32.6 Å². The average molecular weight is 332 g/mol. The molecule has 1 saturated heterocycles. The first-order chi connectivity index (χ1) is 9.58. The van der Waals surface area contributed by atoms with Gasteiger partial charge in [-0.1, -0.05) is 36.0 Å². The molecule has 0 spiro atoms. The molecule has 1 aromatic rings. The molecule has 20 heavy (non-hydrogen) atoms. The van der Waals surface area contributed by atoms with Crippen molar-refractivity contribution in [2.24, 2.45) is 0 Å². The summed E-state index contributed by atoms with van der Waals surface area (Å²) in [5, 5.41) is 1.16. The van der Waals surface area contributed by atoms with E-state index in [1.54, 1.807) is 12.1 Å². The van der Waals surface area contributed by atoms with E-state index in [4.69, 9.17) is 23.2 Å². The van der Waals surface area contributed by atoms with Crippen LogP contribution in [0.25, 0.3) is 0 Å². The molecule has 1 amide bonds. The highest BCUT2D eigenvalue weighted by Gasteiger charge is 2.22. The maximum Gasteiger partial charge on any atom is 0.235 e. The number of rotatable bonds is 3. The van der Waals surface area contributed by atoms with Crippen molar-refractivity contribution in [1.82, 2.24) is 4.90 Å². The van der Waals surface area contributed by atoms with Gasteiger partial charge in [0.25, 0.3) is 0 Å². The summed E-state index contributed by atoms with van der Waals surface area (Å²) in [5.41, 5.74) is 0. The molecule has 1 unspecified atom stereocenters. The molecule has 1 aliphatic heterocycles. The molecule has 2 nitrogen and oxygen atoms in total. The number of likely N-dealkylation sites (tertiary alicyclic amines) is 1. The van der Waals surface area contributed by atoms with E-state index in [0.717, 1.165) is 30.8 Å². The van der Waals surface area contributed by atoms with E-state index in [2.05, 4.69) is 0 Å². The molecule has 0 aliphatic carbocycles. The van der Waals surface area contributed by atoms with Crippen molar-refractivity contribution in [3.8, 4) is 0 Å². The molecule has 1 atom stereocenters. The lowest BCUT2D eigenvalue weighted by molar-refractivity contribution is -0.130. The number of halogens is 2. The molecular weight excluding hydrogens is 313 g/mol. The van der Waals surface area contributed by atoms with Gasteiger partial charge in [0.1, 0.15) is 0 Å². The van der Waals surface area contributed by atoms with Crippen molar-refractivity contribution in [2.45, 2.75) is 42.8 Å². The number of carbonyl (C=O) groups is 1. The first-order valence-corrected chi connectivity index (χ1v) is 8.62. The molecule has 0 bridgehead atoms. The largest absolute Gasteiger partial charge is 0.342 e. The molecule has 1 aliphatic rings. The summed E-state index contributed by atoms with van der Waals surface area (Å²) >= 11 is 13.6. The van der Waals surface area contributed by atoms with Crippen LogP contribution in [-0.2, 0) is 4.79 Å². The fraction of sp³-hybridized carbons (Fsp3) is 0.533. The molecular formula is C15H19Cl2NOS. The first-order valence-electron chi connectivity index (χ1n) is 6.98. The normalized spacial score (nSPS) is 17.6. The summed E-state index contributed by atoms with van der Waals surface area (Å²) in [4.78, 5) is 15.3. The van der Waals surface area contributed by atoms with Crippen LogP contribution in [0.2, 0.25) is 10.0 Å². The van der Waals surface area contributed by atoms with Crippen molar-refractivity contribution in [3.05, 3.63) is 28.2 Å². The third-order valence-electron chi connectivity index (χ3n) is 3.46. The Labute approximate surface area is 134 Å². The quantitative estimate of drug-likeness (QED) is 0.736. The lowest BCUT2D eigenvalue weighted by Gasteiger charge is -2.24. The van der Waals surface area contributed by atoms with Gasteiger partial charge in [-0.2, -0.15) is 0 Å². The first kappa shape index (κ1) is 16.0. The predicted molar refractivity (Wildman–Crippen MR) is 86.8 cm³/mol. The number of nitrogens with zero attached hydrogens (tertiary/aromatic N) is 1. The highest BCUT2D eigenvalue weighted by atomic mass is 35.5. The number of carbonyl (C=O) groups excluding carboxylic acids is 1. The van der Waals surface area contributed by atoms with Gasteiger partial charge in [-0.25, -0.2) is 0 Å². The summed E-state index contributed by atoms with van der Waals surface area (Å²) in [6.45, 7) is 3.70. The fourth-order valence-electron chi connectivity index (χ4n) is 2.36. The Morgan fingerprint density at radius 3 is 2.50 bits per heavy atom. The molecule has 5 heteroatoms. The van der Waals surface area contributed by atoms with Crippen molar-refractivity contribution >= 4 is 40.9 Å². The number of hydrogen-bond donors (Lipinski definition) is 0. The Bertz CT molecular complexity index is 473. The van der Waals surface area contributed by atoms with Gasteiger partial charge in [0, 0.05) is 23.0 Å². The molecule has 110 valence electrons. The fourth-order valence-corrected chi connectivity index (χ4v) is 3.85. The van der Waals surface area contributed by atoms with Crippen molar-refractivity contribution in [1.29, 1.82) is 0 Å². The van der Waals surface area contributed by atoms with Gasteiger partial charge in [0.05, 0.1) is 10.3 Å². The van der Waals surface area contributed by atoms with Crippen LogP contribution in [-0.4, -0.2) is 29.1 Å². The van der Waals surface area contributed by atoms with Gasteiger partial charge in [0.15, 0.2) is 0 Å². The summed E-state index contributed by atoms with van der Waals surface area (Å²) in [5.74, 6) is 0.202. The smallest absolute Gasteiger partial charge is 0.235 e. The summed E-state index contributed by atoms with van der Waals surface area (Å²) in [6.07, 6.45) is 4.68. The van der Waals surface area contributed by atoms with E-state index in [1.165, 1.54) is 24.6 Å². The van der Waals surface area contributed by atoms with Gasteiger partial charge < -0.3 is 4.90 Å². The third-order valence-corrected chi connectivity index (χ3v) is 5.29. The van der Waals surface area contributed by atoms with Gasteiger partial charge in [-0.15, -0.1) is 11.8 Å². The zero-order valence-electron chi connectivity index (χ0n) is 11.6. The second-order valence-corrected chi connectivity index (χ2v) is 7.30. The lowest BCUT2D eigenvalue weighted by atomic mass is 10.2. The number of hydrogen-bond acceptors (Lipinski definition) is 2. The minimum atomic E-state index is -0.135. The minimum absolute atomic E-state index is 0.135. The SMILES string of the molecule is CC(Sc1cc(Cl)ccc1Cl)C(=O)N1CCCCCC1. The highest BCUT2D eigenvalue weighted by molar-refractivity contribution is 8.00. The molecule has 0 radical (unpaired) electrons. The van der Waals surface area contributed by atoms with E-state index >= 15 is 0 Å². The van der Waals surface area contributed by atoms with Crippen LogP contribution in [0.15, 0.2) is 23.1 Å². The minimum Gasteiger partial charge on any atom is -0.342 e. The number of amides is 1. The molecule has 1 heterocycles. The van der Waals surface area contributed by atoms with Crippen LogP contribution in [0.4, 0.5) is 0 Å². The molecule has 0 aromatic heterocycles. The maximum atomic E-state index is 12.5. The zero-order valence-corrected chi connectivity index (χ0v) is 13.9. The summed E-state index contributed by atoms with van der Waals surface area (Å²) in [6, 6.07) is 5.35. The zero-order chi connectivity index (χ0) is 14.5. The van der Waals surface area contributed by atoms with Crippen LogP contribution < -0.4 is 0 Å². The third kappa shape index (κ3) is 4.31. The molecule has 1 aromatic carbocycles. The van der Waals surface area contributed by atoms with Crippen LogP contribution >= 0.6 is 35.0 Å². The van der Waals surface area contributed by atoms with E-state index in [9.17, 15) is 4.79 Å². The Balaban J connectivity index is 2.01. The maximum absolute atomic E-state index is 12.5. The Kier molecular flexibility index (Phi) is 6.06. The van der Waals surface area contributed by atoms with Crippen molar-refractivity contribution < 1.29 is 4.79 Å². The van der Waals surface area contributed by atoms with Crippen LogP contribution in [0, 0.1) is 0 Å². The van der Waals surface area contributed by atoms with E-state index in [-0.39, 0.29) is 11.2 Å². The Hall–Kier alpha value is -0.380. The monoisotopic (exact) mass is 331 g/mol. The number of benzene rings is 1. The van der Waals surface area contributed by atoms with Crippen LogP contribution in [0.3, 0.4) is 0 Å². The molecule has 0 N–H and O–H groups in total.